The van der Waals surface area contributed by atoms with Crippen molar-refractivity contribution < 1.29 is 26.9 Å². The van der Waals surface area contributed by atoms with E-state index in [-0.39, 0.29) is 36.4 Å². The number of anilines is 1. The Hall–Kier alpha value is -4.09. The fourth-order valence-corrected chi connectivity index (χ4v) is 4.22. The van der Waals surface area contributed by atoms with Crippen LogP contribution in [0.2, 0.25) is 0 Å². The lowest BCUT2D eigenvalue weighted by molar-refractivity contribution is -0.165. The van der Waals surface area contributed by atoms with Crippen molar-refractivity contribution in [2.45, 2.75) is 57.2 Å². The first-order valence-electron chi connectivity index (χ1n) is 12.1. The van der Waals surface area contributed by atoms with Gasteiger partial charge in [-0.25, -0.2) is 19.3 Å². The Morgan fingerprint density at radius 3 is 2.55 bits per heavy atom. The molecular weight excluding hydrogens is 504 g/mol. The smallest absolute Gasteiger partial charge is 0.358 e. The second-order valence-electron chi connectivity index (χ2n) is 9.35. The fourth-order valence-electron chi connectivity index (χ4n) is 4.22. The third-order valence-corrected chi connectivity index (χ3v) is 6.49. The molecule has 1 aliphatic rings. The minimum atomic E-state index is -4.46. The zero-order chi connectivity index (χ0) is 26.9. The highest BCUT2D eigenvalue weighted by Gasteiger charge is 2.66. The van der Waals surface area contributed by atoms with E-state index in [0.717, 1.165) is 24.7 Å². The molecule has 1 aromatic carbocycles. The minimum Gasteiger partial charge on any atom is -0.358 e. The molecule has 0 unspecified atom stereocenters. The molecule has 3 heterocycles. The van der Waals surface area contributed by atoms with E-state index in [2.05, 4.69) is 32.3 Å². The van der Waals surface area contributed by atoms with Crippen LogP contribution in [-0.2, 0) is 29.6 Å². The Labute approximate surface area is 215 Å². The summed E-state index contributed by atoms with van der Waals surface area (Å²) in [6, 6.07) is 5.46. The van der Waals surface area contributed by atoms with Gasteiger partial charge in [0.25, 0.3) is 0 Å². The summed E-state index contributed by atoms with van der Waals surface area (Å²) < 4.78 is 61.4. The maximum atomic E-state index is 14.8. The van der Waals surface area contributed by atoms with Crippen LogP contribution in [-0.4, -0.2) is 36.8 Å². The fraction of sp³-hybridized carbons (Fsp3) is 0.346. The number of aromatic nitrogens is 5. The average molecular weight is 529 g/mol. The second-order valence-corrected chi connectivity index (χ2v) is 9.35. The monoisotopic (exact) mass is 528 g/mol. The molecule has 1 aliphatic carbocycles. The molecule has 4 aromatic rings. The minimum absolute atomic E-state index is 0.0885. The normalized spacial score (nSPS) is 14.4. The number of alkyl halides is 3. The maximum absolute atomic E-state index is 14.8. The Balaban J connectivity index is 1.20. The summed E-state index contributed by atoms with van der Waals surface area (Å²) in [6.07, 6.45) is 3.45. The molecule has 38 heavy (non-hydrogen) atoms. The molecule has 1 saturated carbocycles. The molecule has 0 bridgehead atoms. The third kappa shape index (κ3) is 5.29. The van der Waals surface area contributed by atoms with E-state index in [1.165, 1.54) is 12.1 Å². The van der Waals surface area contributed by atoms with Crippen molar-refractivity contribution in [3.05, 3.63) is 77.8 Å². The summed E-state index contributed by atoms with van der Waals surface area (Å²) in [5, 5.41) is 5.88. The number of rotatable bonds is 9. The van der Waals surface area contributed by atoms with Crippen LogP contribution in [0.25, 0.3) is 11.1 Å². The van der Waals surface area contributed by atoms with Crippen LogP contribution in [0, 0.1) is 5.82 Å². The number of halogens is 4. The first-order valence-corrected chi connectivity index (χ1v) is 12.1. The molecule has 0 radical (unpaired) electrons. The largest absolute Gasteiger partial charge is 0.401 e. The van der Waals surface area contributed by atoms with Crippen LogP contribution in [0.1, 0.15) is 49.0 Å². The molecule has 12 heteroatoms. The first-order chi connectivity index (χ1) is 18.2. The second kappa shape index (κ2) is 9.99. The van der Waals surface area contributed by atoms with Gasteiger partial charge in [-0.05, 0) is 36.5 Å². The van der Waals surface area contributed by atoms with Crippen LogP contribution >= 0.6 is 0 Å². The summed E-state index contributed by atoms with van der Waals surface area (Å²) in [5.41, 5.74) is 0.0744. The van der Waals surface area contributed by atoms with Gasteiger partial charge in [-0.15, -0.1) is 0 Å². The summed E-state index contributed by atoms with van der Waals surface area (Å²) in [7, 11) is 0. The zero-order valence-corrected chi connectivity index (χ0v) is 20.4. The first kappa shape index (κ1) is 25.6. The standard InChI is InChI=1S/C26H24F4N6O2/c1-2-7-36-14-19(33-15-36)10-22-31-12-18(13-32-22)16-3-4-17(20(27)8-16)9-24(37)34-23-11-21(38-35-23)25(5-6-25)26(28,29)30/h3-4,8,11-15H,2,5-7,9-10H2,1H3,(H,34,35,37). The molecule has 1 amide bonds. The van der Waals surface area contributed by atoms with Gasteiger partial charge in [0.05, 0.1) is 24.9 Å². The van der Waals surface area contributed by atoms with Crippen LogP contribution in [0.15, 0.2) is 53.7 Å². The highest BCUT2D eigenvalue weighted by molar-refractivity contribution is 5.91. The summed E-state index contributed by atoms with van der Waals surface area (Å²) >= 11 is 0. The highest BCUT2D eigenvalue weighted by Crippen LogP contribution is 2.59. The van der Waals surface area contributed by atoms with E-state index in [0.29, 0.717) is 23.4 Å². The van der Waals surface area contributed by atoms with Crippen LogP contribution in [0.4, 0.5) is 23.4 Å². The van der Waals surface area contributed by atoms with Crippen LogP contribution < -0.4 is 5.32 Å². The van der Waals surface area contributed by atoms with Gasteiger partial charge in [-0.2, -0.15) is 13.2 Å². The number of amides is 1. The highest BCUT2D eigenvalue weighted by atomic mass is 19.4. The van der Waals surface area contributed by atoms with Gasteiger partial charge in [-0.1, -0.05) is 24.2 Å². The van der Waals surface area contributed by atoms with Crippen molar-refractivity contribution in [2.24, 2.45) is 0 Å². The predicted molar refractivity (Wildman–Crippen MR) is 129 cm³/mol. The topological polar surface area (TPSA) is 98.7 Å². The van der Waals surface area contributed by atoms with Crippen molar-refractivity contribution in [3.63, 3.8) is 0 Å². The molecule has 0 saturated heterocycles. The van der Waals surface area contributed by atoms with Crippen molar-refractivity contribution in [3.8, 4) is 11.1 Å². The van der Waals surface area contributed by atoms with E-state index in [9.17, 15) is 22.4 Å². The van der Waals surface area contributed by atoms with Gasteiger partial charge >= 0.3 is 6.18 Å². The molecule has 8 nitrogen and oxygen atoms in total. The molecular formula is C26H24F4N6O2. The maximum Gasteiger partial charge on any atom is 0.401 e. The molecule has 0 aliphatic heterocycles. The van der Waals surface area contributed by atoms with E-state index >= 15 is 0 Å². The molecule has 198 valence electrons. The number of nitrogens with zero attached hydrogens (tertiary/aromatic N) is 5. The summed E-state index contributed by atoms with van der Waals surface area (Å²) in [4.78, 5) is 25.4. The molecule has 1 fully saturated rings. The van der Waals surface area contributed by atoms with Crippen molar-refractivity contribution in [1.82, 2.24) is 24.7 Å². The number of benzene rings is 1. The SMILES string of the molecule is CCCn1cnc(Cc2ncc(-c3ccc(CC(=O)Nc4cc(C5(C(F)(F)F)CC5)on4)c(F)c3)cn2)c1. The Morgan fingerprint density at radius 1 is 1.13 bits per heavy atom. The molecule has 0 atom stereocenters. The van der Waals surface area contributed by atoms with Gasteiger partial charge in [0, 0.05) is 36.8 Å². The van der Waals surface area contributed by atoms with Crippen LogP contribution in [0.3, 0.4) is 0 Å². The number of nitrogens with one attached hydrogen (secondary N) is 1. The Morgan fingerprint density at radius 2 is 1.89 bits per heavy atom. The average Bonchev–Trinajstić information content (AvgIpc) is 3.39. The Bertz CT molecular complexity index is 1440. The lowest BCUT2D eigenvalue weighted by Crippen LogP contribution is -2.28. The quantitative estimate of drug-likeness (QED) is 0.298. The number of aryl methyl sites for hydroxylation is 1. The van der Waals surface area contributed by atoms with E-state index in [4.69, 9.17) is 4.52 Å². The lowest BCUT2D eigenvalue weighted by atomic mass is 10.0. The number of imidazole rings is 1. The number of hydrogen-bond acceptors (Lipinski definition) is 6. The summed E-state index contributed by atoms with van der Waals surface area (Å²) in [5.74, 6) is -1.15. The van der Waals surface area contributed by atoms with Gasteiger partial charge in [0.15, 0.2) is 11.6 Å². The molecule has 0 spiro atoms. The van der Waals surface area contributed by atoms with Gasteiger partial charge < -0.3 is 14.4 Å². The molecule has 1 N–H and O–H groups in total. The number of hydrogen-bond donors (Lipinski definition) is 1. The molecule has 5 rings (SSSR count). The summed E-state index contributed by atoms with van der Waals surface area (Å²) in [6.45, 7) is 2.98. The van der Waals surface area contributed by atoms with E-state index in [1.54, 1.807) is 24.8 Å². The number of carbonyl (C=O) groups excluding carboxylic acids is 1. The van der Waals surface area contributed by atoms with Gasteiger partial charge in [0.2, 0.25) is 5.91 Å². The van der Waals surface area contributed by atoms with E-state index < -0.39 is 23.3 Å². The van der Waals surface area contributed by atoms with Crippen molar-refractivity contribution in [2.75, 3.05) is 5.32 Å². The predicted octanol–water partition coefficient (Wildman–Crippen LogP) is 5.24. The van der Waals surface area contributed by atoms with Gasteiger partial charge in [0.1, 0.15) is 17.1 Å². The zero-order valence-electron chi connectivity index (χ0n) is 20.4. The van der Waals surface area contributed by atoms with E-state index in [1.807, 2.05) is 10.8 Å². The Kier molecular flexibility index (Phi) is 6.72. The number of carbonyl (C=O) groups is 1. The lowest BCUT2D eigenvalue weighted by Gasteiger charge is -2.14. The van der Waals surface area contributed by atoms with Gasteiger partial charge in [-0.3, -0.25) is 4.79 Å². The van der Waals surface area contributed by atoms with Crippen molar-refractivity contribution >= 4 is 11.7 Å². The van der Waals surface area contributed by atoms with Crippen molar-refractivity contribution in [1.29, 1.82) is 0 Å². The molecule has 3 aromatic heterocycles. The van der Waals surface area contributed by atoms with Crippen LogP contribution in [0.5, 0.6) is 0 Å². The third-order valence-electron chi connectivity index (χ3n) is 6.49.